The second-order valence-corrected chi connectivity index (χ2v) is 3.01. The molecular formula is C10H13NS. The van der Waals surface area contributed by atoms with Crippen LogP contribution in [0.1, 0.15) is 19.4 Å². The first-order valence-electron chi connectivity index (χ1n) is 4.17. The van der Waals surface area contributed by atoms with Gasteiger partial charge in [-0.05, 0) is 30.1 Å². The largest absolute Gasteiger partial charge is 0.193 e. The Morgan fingerprint density at radius 2 is 2.00 bits per heavy atom. The van der Waals surface area contributed by atoms with Gasteiger partial charge in [-0.3, -0.25) is 0 Å². The minimum absolute atomic E-state index is 1.12. The van der Waals surface area contributed by atoms with Crippen molar-refractivity contribution in [1.29, 1.82) is 0 Å². The van der Waals surface area contributed by atoms with Gasteiger partial charge in [0, 0.05) is 10.8 Å². The monoisotopic (exact) mass is 179 g/mol. The number of aryl methyl sites for hydroxylation is 1. The Hall–Kier alpha value is -0.890. The zero-order valence-electron chi connectivity index (χ0n) is 7.66. The van der Waals surface area contributed by atoms with Gasteiger partial charge in [-0.1, -0.05) is 26.0 Å². The molecule has 12 heavy (non-hydrogen) atoms. The molecule has 2 heteroatoms. The van der Waals surface area contributed by atoms with E-state index in [2.05, 4.69) is 34.9 Å². The molecule has 2 rings (SSSR count). The highest BCUT2D eigenvalue weighted by atomic mass is 32.1. The fourth-order valence-corrected chi connectivity index (χ4v) is 1.61. The summed E-state index contributed by atoms with van der Waals surface area (Å²) in [5.41, 5.74) is 2.39. The Balaban J connectivity index is 0.000000336. The SMILES string of the molecule is CC.Cc1ccc2csnc2c1. The molecule has 0 atom stereocenters. The standard InChI is InChI=1S/C8H7NS.C2H6/c1-6-2-3-7-5-10-9-8(7)4-6;1-2/h2-5H,1H3;1-2H3. The lowest BCUT2D eigenvalue weighted by Crippen LogP contribution is -1.70. The van der Waals surface area contributed by atoms with E-state index in [9.17, 15) is 0 Å². The lowest BCUT2D eigenvalue weighted by atomic mass is 10.2. The van der Waals surface area contributed by atoms with Gasteiger partial charge >= 0.3 is 0 Å². The average molecular weight is 179 g/mol. The highest BCUT2D eigenvalue weighted by Crippen LogP contribution is 2.15. The maximum absolute atomic E-state index is 4.22. The summed E-state index contributed by atoms with van der Waals surface area (Å²) in [6.45, 7) is 6.08. The maximum atomic E-state index is 4.22. The molecule has 0 aliphatic heterocycles. The molecule has 0 N–H and O–H groups in total. The van der Waals surface area contributed by atoms with Gasteiger partial charge in [-0.25, -0.2) is 0 Å². The molecule has 0 aliphatic rings. The maximum Gasteiger partial charge on any atom is 0.0843 e. The van der Waals surface area contributed by atoms with E-state index in [1.54, 1.807) is 0 Å². The molecule has 0 radical (unpaired) electrons. The summed E-state index contributed by atoms with van der Waals surface area (Å²) >= 11 is 1.51. The van der Waals surface area contributed by atoms with Crippen LogP contribution in [0.25, 0.3) is 10.9 Å². The number of fused-ring (bicyclic) bond motifs is 1. The highest BCUT2D eigenvalue weighted by Gasteiger charge is 1.93. The lowest BCUT2D eigenvalue weighted by molar-refractivity contribution is 1.49. The normalized spacial score (nSPS) is 9.25. The van der Waals surface area contributed by atoms with Crippen LogP contribution in [0.3, 0.4) is 0 Å². The van der Waals surface area contributed by atoms with Crippen LogP contribution in [-0.2, 0) is 0 Å². The Morgan fingerprint density at radius 3 is 2.75 bits per heavy atom. The molecule has 1 heterocycles. The summed E-state index contributed by atoms with van der Waals surface area (Å²) in [6.07, 6.45) is 0. The predicted octanol–water partition coefficient (Wildman–Crippen LogP) is 3.63. The van der Waals surface area contributed by atoms with Crippen molar-refractivity contribution in [3.8, 4) is 0 Å². The summed E-state index contributed by atoms with van der Waals surface area (Å²) in [4.78, 5) is 0. The van der Waals surface area contributed by atoms with Gasteiger partial charge in [0.2, 0.25) is 0 Å². The van der Waals surface area contributed by atoms with Gasteiger partial charge in [0.1, 0.15) is 0 Å². The van der Waals surface area contributed by atoms with E-state index in [0.717, 1.165) is 5.52 Å². The van der Waals surface area contributed by atoms with Gasteiger partial charge in [0.15, 0.2) is 0 Å². The van der Waals surface area contributed by atoms with E-state index in [-0.39, 0.29) is 0 Å². The lowest BCUT2D eigenvalue weighted by Gasteiger charge is -1.88. The average Bonchev–Trinajstić information content (AvgIpc) is 2.54. The molecule has 0 saturated carbocycles. The van der Waals surface area contributed by atoms with Crippen molar-refractivity contribution in [3.63, 3.8) is 0 Å². The van der Waals surface area contributed by atoms with Gasteiger partial charge < -0.3 is 0 Å². The van der Waals surface area contributed by atoms with E-state index in [4.69, 9.17) is 0 Å². The second kappa shape index (κ2) is 4.21. The van der Waals surface area contributed by atoms with Gasteiger partial charge in [-0.2, -0.15) is 4.37 Å². The first-order valence-corrected chi connectivity index (χ1v) is 5.01. The molecular weight excluding hydrogens is 166 g/mol. The van der Waals surface area contributed by atoms with Crippen LogP contribution < -0.4 is 0 Å². The number of aromatic nitrogens is 1. The number of hydrogen-bond acceptors (Lipinski definition) is 2. The van der Waals surface area contributed by atoms with Crippen LogP contribution in [-0.4, -0.2) is 4.37 Å². The molecule has 1 aromatic carbocycles. The summed E-state index contributed by atoms with van der Waals surface area (Å²) in [6, 6.07) is 6.32. The van der Waals surface area contributed by atoms with Crippen LogP contribution in [0.15, 0.2) is 23.6 Å². The molecule has 0 amide bonds. The van der Waals surface area contributed by atoms with Gasteiger partial charge in [0.05, 0.1) is 5.52 Å². The van der Waals surface area contributed by atoms with Crippen LogP contribution in [0, 0.1) is 6.92 Å². The van der Waals surface area contributed by atoms with Crippen molar-refractivity contribution in [2.45, 2.75) is 20.8 Å². The number of hydrogen-bond donors (Lipinski definition) is 0. The van der Waals surface area contributed by atoms with Crippen molar-refractivity contribution in [3.05, 3.63) is 29.1 Å². The summed E-state index contributed by atoms with van der Waals surface area (Å²) in [5.74, 6) is 0. The molecule has 1 nitrogen and oxygen atoms in total. The first kappa shape index (κ1) is 9.20. The third kappa shape index (κ3) is 1.83. The van der Waals surface area contributed by atoms with Crippen molar-refractivity contribution in [2.24, 2.45) is 0 Å². The fraction of sp³-hybridized carbons (Fsp3) is 0.300. The van der Waals surface area contributed by atoms with Crippen LogP contribution >= 0.6 is 11.5 Å². The van der Waals surface area contributed by atoms with Crippen molar-refractivity contribution in [1.82, 2.24) is 4.37 Å². The number of rotatable bonds is 0. The Kier molecular flexibility index (Phi) is 3.23. The number of benzene rings is 1. The zero-order valence-corrected chi connectivity index (χ0v) is 8.48. The van der Waals surface area contributed by atoms with E-state index in [1.165, 1.54) is 22.5 Å². The summed E-state index contributed by atoms with van der Waals surface area (Å²) in [5, 5.41) is 3.31. The minimum Gasteiger partial charge on any atom is -0.193 e. The van der Waals surface area contributed by atoms with Crippen molar-refractivity contribution in [2.75, 3.05) is 0 Å². The fourth-order valence-electron chi connectivity index (χ4n) is 0.972. The molecule has 2 aromatic rings. The molecule has 64 valence electrons. The minimum atomic E-state index is 1.12. The molecule has 0 saturated heterocycles. The third-order valence-corrected chi connectivity index (χ3v) is 2.18. The Bertz CT molecular complexity index is 351. The summed E-state index contributed by atoms with van der Waals surface area (Å²) < 4.78 is 4.22. The van der Waals surface area contributed by atoms with Crippen molar-refractivity contribution >= 4 is 22.4 Å². The van der Waals surface area contributed by atoms with Crippen LogP contribution in [0.2, 0.25) is 0 Å². The van der Waals surface area contributed by atoms with Gasteiger partial charge in [-0.15, -0.1) is 0 Å². The molecule has 0 unspecified atom stereocenters. The van der Waals surface area contributed by atoms with Gasteiger partial charge in [0.25, 0.3) is 0 Å². The topological polar surface area (TPSA) is 12.9 Å². The van der Waals surface area contributed by atoms with E-state index < -0.39 is 0 Å². The molecule has 0 spiro atoms. The quantitative estimate of drug-likeness (QED) is 0.601. The van der Waals surface area contributed by atoms with Crippen LogP contribution in [0.4, 0.5) is 0 Å². The second-order valence-electron chi connectivity index (χ2n) is 2.38. The molecule has 1 aromatic heterocycles. The molecule has 0 bridgehead atoms. The zero-order chi connectivity index (χ0) is 8.97. The predicted molar refractivity (Wildman–Crippen MR) is 55.7 cm³/mol. The number of nitrogens with zero attached hydrogens (tertiary/aromatic N) is 1. The Labute approximate surface area is 77.2 Å². The van der Waals surface area contributed by atoms with Crippen molar-refractivity contribution < 1.29 is 0 Å². The van der Waals surface area contributed by atoms with E-state index in [1.807, 2.05) is 13.8 Å². The third-order valence-electron chi connectivity index (χ3n) is 1.52. The molecule has 0 aliphatic carbocycles. The van der Waals surface area contributed by atoms with E-state index >= 15 is 0 Å². The Morgan fingerprint density at radius 1 is 1.25 bits per heavy atom. The van der Waals surface area contributed by atoms with Crippen LogP contribution in [0.5, 0.6) is 0 Å². The highest BCUT2D eigenvalue weighted by molar-refractivity contribution is 7.04. The smallest absolute Gasteiger partial charge is 0.0843 e. The van der Waals surface area contributed by atoms with E-state index in [0.29, 0.717) is 0 Å². The summed E-state index contributed by atoms with van der Waals surface area (Å²) in [7, 11) is 0. The molecule has 0 fully saturated rings. The first-order chi connectivity index (χ1) is 5.86.